The van der Waals surface area contributed by atoms with Crippen molar-refractivity contribution in [1.29, 1.82) is 0 Å². The normalized spacial score (nSPS) is 13.5. The Kier molecular flexibility index (Phi) is 11.8. The molecule has 0 spiro atoms. The van der Waals surface area contributed by atoms with Gasteiger partial charge in [-0.25, -0.2) is 0 Å². The molecule has 0 rings (SSSR count). The van der Waals surface area contributed by atoms with Gasteiger partial charge in [0.15, 0.2) is 0 Å². The molecule has 5 N–H and O–H groups in total. The van der Waals surface area contributed by atoms with Gasteiger partial charge in [-0.15, -0.1) is 0 Å². The van der Waals surface area contributed by atoms with Gasteiger partial charge in [-0.3, -0.25) is 9.59 Å². The van der Waals surface area contributed by atoms with E-state index in [-0.39, 0.29) is 24.7 Å². The van der Waals surface area contributed by atoms with Crippen molar-refractivity contribution in [2.24, 2.45) is 0 Å². The van der Waals surface area contributed by atoms with Crippen molar-refractivity contribution in [3.63, 3.8) is 0 Å². The van der Waals surface area contributed by atoms with Crippen molar-refractivity contribution < 1.29 is 19.8 Å². The highest BCUT2D eigenvalue weighted by molar-refractivity contribution is 5.76. The average molecular weight is 303 g/mol. The van der Waals surface area contributed by atoms with Gasteiger partial charge in [-0.05, 0) is 39.8 Å². The summed E-state index contributed by atoms with van der Waals surface area (Å²) in [6.45, 7) is 5.92. The maximum Gasteiger partial charge on any atom is 0.222 e. The Morgan fingerprint density at radius 3 is 1.52 bits per heavy atom. The summed E-state index contributed by atoms with van der Waals surface area (Å²) in [5, 5.41) is 26.7. The molecule has 7 heteroatoms. The van der Waals surface area contributed by atoms with Crippen molar-refractivity contribution in [3.05, 3.63) is 0 Å². The smallest absolute Gasteiger partial charge is 0.222 e. The molecule has 0 saturated heterocycles. The molecule has 2 atom stereocenters. The van der Waals surface area contributed by atoms with Crippen LogP contribution >= 0.6 is 0 Å². The topological polar surface area (TPSA) is 111 Å². The Bertz CT molecular complexity index is 268. The largest absolute Gasteiger partial charge is 0.393 e. The summed E-state index contributed by atoms with van der Waals surface area (Å²) in [5.74, 6) is -0.267. The third-order valence-electron chi connectivity index (χ3n) is 2.67. The minimum atomic E-state index is -0.604. The van der Waals surface area contributed by atoms with Gasteiger partial charge in [-0.1, -0.05) is 0 Å². The molecule has 0 aliphatic rings. The number of rotatable bonds is 12. The van der Waals surface area contributed by atoms with Crippen molar-refractivity contribution in [2.75, 3.05) is 26.2 Å². The first kappa shape index (κ1) is 19.8. The molecule has 0 saturated carbocycles. The van der Waals surface area contributed by atoms with Crippen molar-refractivity contribution in [1.82, 2.24) is 16.0 Å². The molecule has 0 aromatic carbocycles. The van der Waals surface area contributed by atoms with Crippen LogP contribution in [0.2, 0.25) is 0 Å². The number of hydrogen-bond donors (Lipinski definition) is 5. The standard InChI is InChI=1S/C14H29N3O4/c1-11(18)9-13(20)16-7-3-5-15-6-4-8-17-14(21)10-12(2)19/h11-12,15,18-19H,3-10H2,1-2H3,(H,16,20)(H,17,21)/t11-,12+. The molecule has 0 unspecified atom stereocenters. The van der Waals surface area contributed by atoms with Crippen molar-refractivity contribution in [3.8, 4) is 0 Å². The highest BCUT2D eigenvalue weighted by Crippen LogP contribution is 1.89. The van der Waals surface area contributed by atoms with Crippen LogP contribution in [0, 0.1) is 0 Å². The first-order valence-electron chi connectivity index (χ1n) is 7.52. The lowest BCUT2D eigenvalue weighted by Gasteiger charge is -2.08. The fourth-order valence-electron chi connectivity index (χ4n) is 1.69. The Balaban J connectivity index is 3.26. The lowest BCUT2D eigenvalue weighted by molar-refractivity contribution is -0.123. The van der Waals surface area contributed by atoms with E-state index >= 15 is 0 Å². The number of aliphatic hydroxyl groups excluding tert-OH is 2. The van der Waals surface area contributed by atoms with E-state index in [0.29, 0.717) is 13.1 Å². The van der Waals surface area contributed by atoms with Crippen LogP contribution in [0.4, 0.5) is 0 Å². The minimum Gasteiger partial charge on any atom is -0.393 e. The summed E-state index contributed by atoms with van der Waals surface area (Å²) in [6.07, 6.45) is 0.707. The zero-order valence-electron chi connectivity index (χ0n) is 13.0. The highest BCUT2D eigenvalue weighted by Gasteiger charge is 2.05. The van der Waals surface area contributed by atoms with E-state index in [9.17, 15) is 9.59 Å². The van der Waals surface area contributed by atoms with Crippen LogP contribution < -0.4 is 16.0 Å². The third-order valence-corrected chi connectivity index (χ3v) is 2.67. The number of hydrogen-bond acceptors (Lipinski definition) is 5. The van der Waals surface area contributed by atoms with E-state index in [1.54, 1.807) is 13.8 Å². The van der Waals surface area contributed by atoms with Crippen LogP contribution in [-0.4, -0.2) is 60.4 Å². The van der Waals surface area contributed by atoms with Gasteiger partial charge >= 0.3 is 0 Å². The molecule has 0 bridgehead atoms. The number of carbonyl (C=O) groups excluding carboxylic acids is 2. The quantitative estimate of drug-likeness (QED) is 0.301. The minimum absolute atomic E-state index is 0.133. The Labute approximate surface area is 126 Å². The average Bonchev–Trinajstić information content (AvgIpc) is 2.34. The van der Waals surface area contributed by atoms with E-state index in [2.05, 4.69) is 16.0 Å². The molecule has 0 aromatic heterocycles. The first-order chi connectivity index (χ1) is 9.91. The Hall–Kier alpha value is -1.18. The maximum atomic E-state index is 11.2. The maximum absolute atomic E-state index is 11.2. The van der Waals surface area contributed by atoms with Gasteiger partial charge < -0.3 is 26.2 Å². The van der Waals surface area contributed by atoms with Crippen LogP contribution in [-0.2, 0) is 9.59 Å². The molecule has 0 aliphatic heterocycles. The van der Waals surface area contributed by atoms with Crippen LogP contribution in [0.5, 0.6) is 0 Å². The van der Waals surface area contributed by atoms with E-state index in [1.165, 1.54) is 0 Å². The number of amides is 2. The first-order valence-corrected chi connectivity index (χ1v) is 7.52. The van der Waals surface area contributed by atoms with Crippen LogP contribution in [0.1, 0.15) is 39.5 Å². The predicted molar refractivity (Wildman–Crippen MR) is 80.7 cm³/mol. The monoisotopic (exact) mass is 303 g/mol. The molecule has 0 radical (unpaired) electrons. The summed E-state index contributed by atoms with van der Waals surface area (Å²) >= 11 is 0. The molecule has 2 amide bonds. The summed E-state index contributed by atoms with van der Waals surface area (Å²) in [4.78, 5) is 22.4. The number of nitrogens with one attached hydrogen (secondary N) is 3. The molecular formula is C14H29N3O4. The molecule has 0 aromatic rings. The summed E-state index contributed by atoms with van der Waals surface area (Å²) in [7, 11) is 0. The second-order valence-corrected chi connectivity index (χ2v) is 5.26. The van der Waals surface area contributed by atoms with E-state index in [1.807, 2.05) is 0 Å². The highest BCUT2D eigenvalue weighted by atomic mass is 16.3. The summed E-state index contributed by atoms with van der Waals surface area (Å²) in [5.41, 5.74) is 0. The van der Waals surface area contributed by atoms with Gasteiger partial charge in [0, 0.05) is 13.1 Å². The van der Waals surface area contributed by atoms with Gasteiger partial charge in [0.1, 0.15) is 0 Å². The van der Waals surface area contributed by atoms with E-state index in [0.717, 1.165) is 25.9 Å². The molecule has 21 heavy (non-hydrogen) atoms. The predicted octanol–water partition coefficient (Wildman–Crippen LogP) is -0.870. The molecule has 0 fully saturated rings. The Morgan fingerprint density at radius 1 is 0.810 bits per heavy atom. The van der Waals surface area contributed by atoms with Crippen molar-refractivity contribution >= 4 is 11.8 Å². The Morgan fingerprint density at radius 2 is 1.19 bits per heavy atom. The molecule has 7 nitrogen and oxygen atoms in total. The zero-order valence-corrected chi connectivity index (χ0v) is 13.0. The van der Waals surface area contributed by atoms with Gasteiger partial charge in [0.05, 0.1) is 25.0 Å². The number of aliphatic hydroxyl groups is 2. The fourth-order valence-corrected chi connectivity index (χ4v) is 1.69. The van der Waals surface area contributed by atoms with Gasteiger partial charge in [0.25, 0.3) is 0 Å². The van der Waals surface area contributed by atoms with Crippen LogP contribution in [0.15, 0.2) is 0 Å². The fraction of sp³-hybridized carbons (Fsp3) is 0.857. The molecule has 0 heterocycles. The second kappa shape index (κ2) is 12.6. The molecule has 124 valence electrons. The van der Waals surface area contributed by atoms with Gasteiger partial charge in [0.2, 0.25) is 11.8 Å². The van der Waals surface area contributed by atoms with Gasteiger partial charge in [-0.2, -0.15) is 0 Å². The van der Waals surface area contributed by atoms with E-state index in [4.69, 9.17) is 10.2 Å². The van der Waals surface area contributed by atoms with Crippen molar-refractivity contribution in [2.45, 2.75) is 51.7 Å². The lowest BCUT2D eigenvalue weighted by Crippen LogP contribution is -2.31. The molecule has 0 aliphatic carbocycles. The lowest BCUT2D eigenvalue weighted by atomic mass is 10.2. The van der Waals surface area contributed by atoms with Crippen LogP contribution in [0.25, 0.3) is 0 Å². The summed E-state index contributed by atoms with van der Waals surface area (Å²) < 4.78 is 0. The summed E-state index contributed by atoms with van der Waals surface area (Å²) in [6, 6.07) is 0. The molecular weight excluding hydrogens is 274 g/mol. The third kappa shape index (κ3) is 15.0. The van der Waals surface area contributed by atoms with E-state index < -0.39 is 12.2 Å². The van der Waals surface area contributed by atoms with Crippen LogP contribution in [0.3, 0.4) is 0 Å². The second-order valence-electron chi connectivity index (χ2n) is 5.26. The zero-order chi connectivity index (χ0) is 16.1. The number of carbonyl (C=O) groups is 2. The SMILES string of the molecule is C[C@H](O)CC(=O)NCCCNCCCNC(=O)C[C@@H](C)O.